The van der Waals surface area contributed by atoms with Crippen molar-refractivity contribution in [2.45, 2.75) is 31.3 Å². The third-order valence-corrected chi connectivity index (χ3v) is 5.01. The molecule has 0 spiro atoms. The van der Waals surface area contributed by atoms with Crippen LogP contribution in [0.25, 0.3) is 0 Å². The fourth-order valence-electron chi connectivity index (χ4n) is 1.94. The lowest BCUT2D eigenvalue weighted by atomic mass is 10.2. The van der Waals surface area contributed by atoms with Gasteiger partial charge < -0.3 is 4.74 Å². The smallest absolute Gasteiger partial charge is 0.371 e. The van der Waals surface area contributed by atoms with E-state index in [0.717, 1.165) is 12.1 Å². The molecule has 27 heavy (non-hydrogen) atoms. The predicted octanol–water partition coefficient (Wildman–Crippen LogP) is 4.02. The standard InChI is InChI=1S/C18H18ClFN2O4S/c1-18(2,3)26-17(23)16(22-21-13-10-8-12(19)9-11-13)27(24,25)15-7-5-4-6-14(15)20/h4-11,21H,1-3H3/b22-16-. The molecule has 0 atom stereocenters. The summed E-state index contributed by atoms with van der Waals surface area (Å²) in [6, 6.07) is 10.9. The molecule has 0 amide bonds. The van der Waals surface area contributed by atoms with Gasteiger partial charge in [0.2, 0.25) is 9.84 Å². The van der Waals surface area contributed by atoms with Gasteiger partial charge in [-0.15, -0.1) is 0 Å². The molecule has 144 valence electrons. The largest absolute Gasteiger partial charge is 0.455 e. The highest BCUT2D eigenvalue weighted by Gasteiger charge is 2.35. The monoisotopic (exact) mass is 412 g/mol. The first kappa shape index (κ1) is 20.9. The number of carbonyl (C=O) groups excluding carboxylic acids is 1. The van der Waals surface area contributed by atoms with Crippen LogP contribution in [0.15, 0.2) is 58.5 Å². The van der Waals surface area contributed by atoms with Crippen LogP contribution in [0.5, 0.6) is 0 Å². The van der Waals surface area contributed by atoms with Gasteiger partial charge in [-0.05, 0) is 57.2 Å². The van der Waals surface area contributed by atoms with Crippen molar-refractivity contribution in [2.24, 2.45) is 5.10 Å². The number of hydrazone groups is 1. The van der Waals surface area contributed by atoms with Crippen molar-refractivity contribution in [3.05, 3.63) is 59.4 Å². The van der Waals surface area contributed by atoms with E-state index in [1.54, 1.807) is 32.9 Å². The molecular weight excluding hydrogens is 395 g/mol. The average molecular weight is 413 g/mol. The first-order valence-corrected chi connectivity index (χ1v) is 9.69. The Labute approximate surface area is 161 Å². The number of sulfone groups is 1. The molecule has 2 rings (SSSR count). The third-order valence-electron chi connectivity index (χ3n) is 3.08. The summed E-state index contributed by atoms with van der Waals surface area (Å²) in [5, 5.41) is 3.20. The minimum atomic E-state index is -4.57. The maximum absolute atomic E-state index is 14.0. The summed E-state index contributed by atoms with van der Waals surface area (Å²) in [6.45, 7) is 4.72. The van der Waals surface area contributed by atoms with E-state index in [4.69, 9.17) is 16.3 Å². The molecule has 0 aliphatic heterocycles. The molecule has 2 aromatic rings. The predicted molar refractivity (Wildman–Crippen MR) is 102 cm³/mol. The van der Waals surface area contributed by atoms with Crippen molar-refractivity contribution in [1.82, 2.24) is 0 Å². The number of nitrogens with one attached hydrogen (secondary N) is 1. The highest BCUT2D eigenvalue weighted by Crippen LogP contribution is 2.20. The van der Waals surface area contributed by atoms with E-state index in [9.17, 15) is 17.6 Å². The van der Waals surface area contributed by atoms with Crippen LogP contribution in [0.2, 0.25) is 5.02 Å². The van der Waals surface area contributed by atoms with E-state index in [-0.39, 0.29) is 0 Å². The second-order valence-corrected chi connectivity index (χ2v) is 8.74. The average Bonchev–Trinajstić information content (AvgIpc) is 2.55. The van der Waals surface area contributed by atoms with Gasteiger partial charge in [0, 0.05) is 5.02 Å². The van der Waals surface area contributed by atoms with Gasteiger partial charge in [-0.25, -0.2) is 17.6 Å². The van der Waals surface area contributed by atoms with Crippen LogP contribution in [0.1, 0.15) is 20.8 Å². The number of halogens is 2. The van der Waals surface area contributed by atoms with Gasteiger partial charge in [-0.3, -0.25) is 5.43 Å². The minimum absolute atomic E-state index is 0.379. The fraction of sp³-hybridized carbons (Fsp3) is 0.222. The van der Waals surface area contributed by atoms with Crippen LogP contribution in [-0.4, -0.2) is 25.0 Å². The van der Waals surface area contributed by atoms with E-state index in [2.05, 4.69) is 10.5 Å². The minimum Gasteiger partial charge on any atom is -0.455 e. The normalized spacial score (nSPS) is 12.6. The number of rotatable bonds is 3. The molecule has 0 fully saturated rings. The second kappa shape index (κ2) is 8.06. The van der Waals surface area contributed by atoms with Crippen LogP contribution in [0.4, 0.5) is 10.1 Å². The second-order valence-electron chi connectivity index (χ2n) is 6.47. The lowest BCUT2D eigenvalue weighted by molar-refractivity contribution is -0.145. The highest BCUT2D eigenvalue weighted by molar-refractivity contribution is 8.08. The van der Waals surface area contributed by atoms with Crippen LogP contribution in [0.3, 0.4) is 0 Å². The summed E-state index contributed by atoms with van der Waals surface area (Å²) in [4.78, 5) is 11.8. The Morgan fingerprint density at radius 1 is 1.11 bits per heavy atom. The molecular formula is C18H18ClFN2O4S. The van der Waals surface area contributed by atoms with Gasteiger partial charge in [-0.2, -0.15) is 5.10 Å². The Bertz CT molecular complexity index is 968. The highest BCUT2D eigenvalue weighted by atomic mass is 35.5. The summed E-state index contributed by atoms with van der Waals surface area (Å²) in [5.41, 5.74) is 1.87. The van der Waals surface area contributed by atoms with Gasteiger partial charge in [0.05, 0.1) is 5.69 Å². The molecule has 0 saturated heterocycles. The van der Waals surface area contributed by atoms with Crippen molar-refractivity contribution in [1.29, 1.82) is 0 Å². The Hall–Kier alpha value is -2.45. The molecule has 1 N–H and O–H groups in total. The van der Waals surface area contributed by atoms with E-state index in [1.807, 2.05) is 0 Å². The van der Waals surface area contributed by atoms with Gasteiger partial charge in [0.1, 0.15) is 16.3 Å². The van der Waals surface area contributed by atoms with Crippen LogP contribution >= 0.6 is 11.6 Å². The zero-order valence-corrected chi connectivity index (χ0v) is 16.4. The van der Waals surface area contributed by atoms with Crippen LogP contribution < -0.4 is 5.43 Å². The molecule has 0 radical (unpaired) electrons. The van der Waals surface area contributed by atoms with E-state index < -0.39 is 37.2 Å². The summed E-state index contributed by atoms with van der Waals surface area (Å²) in [7, 11) is -4.57. The van der Waals surface area contributed by atoms with Crippen molar-refractivity contribution in [3.63, 3.8) is 0 Å². The molecule has 0 aliphatic rings. The van der Waals surface area contributed by atoms with Gasteiger partial charge in [-0.1, -0.05) is 23.7 Å². The molecule has 2 aromatic carbocycles. The number of ether oxygens (including phenoxy) is 1. The third kappa shape index (κ3) is 5.51. The summed E-state index contributed by atoms with van der Waals surface area (Å²) in [5.74, 6) is -2.20. The number of carbonyl (C=O) groups is 1. The lowest BCUT2D eigenvalue weighted by Crippen LogP contribution is -2.34. The SMILES string of the molecule is CC(C)(C)OC(=O)/C(=N/Nc1ccc(Cl)cc1)S(=O)(=O)c1ccccc1F. The quantitative estimate of drug-likeness (QED) is 0.356. The number of anilines is 1. The fourth-order valence-corrected chi connectivity index (χ4v) is 3.29. The number of hydrogen-bond donors (Lipinski definition) is 1. The topological polar surface area (TPSA) is 84.8 Å². The van der Waals surface area contributed by atoms with Gasteiger partial charge in [0.25, 0.3) is 5.04 Å². The Morgan fingerprint density at radius 3 is 2.26 bits per heavy atom. The van der Waals surface area contributed by atoms with E-state index in [1.165, 1.54) is 24.3 Å². The molecule has 0 heterocycles. The molecule has 0 aromatic heterocycles. The Balaban J connectivity index is 2.49. The Kier molecular flexibility index (Phi) is 6.22. The van der Waals surface area contributed by atoms with Crippen molar-refractivity contribution >= 4 is 38.1 Å². The molecule has 6 nitrogen and oxygen atoms in total. The van der Waals surface area contributed by atoms with Crippen molar-refractivity contribution in [2.75, 3.05) is 5.43 Å². The van der Waals surface area contributed by atoms with Crippen LogP contribution in [0, 0.1) is 5.82 Å². The lowest BCUT2D eigenvalue weighted by Gasteiger charge is -2.20. The maximum Gasteiger partial charge on any atom is 0.371 e. The van der Waals surface area contributed by atoms with Crippen LogP contribution in [-0.2, 0) is 19.4 Å². The number of nitrogens with zero attached hydrogens (tertiary/aromatic N) is 1. The van der Waals surface area contributed by atoms with Crippen molar-refractivity contribution < 1.29 is 22.3 Å². The molecule has 0 unspecified atom stereocenters. The summed E-state index contributed by atoms with van der Waals surface area (Å²) in [6.07, 6.45) is 0. The molecule has 0 bridgehead atoms. The Morgan fingerprint density at radius 2 is 1.70 bits per heavy atom. The van der Waals surface area contributed by atoms with Gasteiger partial charge in [0.15, 0.2) is 0 Å². The molecule has 0 saturated carbocycles. The first-order chi connectivity index (χ1) is 12.5. The zero-order chi connectivity index (χ0) is 20.2. The number of hydrogen-bond acceptors (Lipinski definition) is 6. The van der Waals surface area contributed by atoms with E-state index in [0.29, 0.717) is 10.7 Å². The summed E-state index contributed by atoms with van der Waals surface area (Å²) < 4.78 is 44.8. The number of benzene rings is 2. The van der Waals surface area contributed by atoms with E-state index >= 15 is 0 Å². The molecule has 9 heteroatoms. The first-order valence-electron chi connectivity index (χ1n) is 7.83. The number of esters is 1. The van der Waals surface area contributed by atoms with Crippen molar-refractivity contribution in [3.8, 4) is 0 Å². The molecule has 0 aliphatic carbocycles. The van der Waals surface area contributed by atoms with Gasteiger partial charge >= 0.3 is 5.97 Å². The summed E-state index contributed by atoms with van der Waals surface area (Å²) >= 11 is 5.79. The zero-order valence-electron chi connectivity index (χ0n) is 14.9. The maximum atomic E-state index is 14.0.